The molecule has 0 amide bonds. The molecule has 0 radical (unpaired) electrons. The van der Waals surface area contributed by atoms with Gasteiger partial charge in [-0.3, -0.25) is 0 Å². The molecule has 0 bridgehead atoms. The number of aliphatic hydroxyl groups is 1. The van der Waals surface area contributed by atoms with Crippen molar-refractivity contribution in [3.63, 3.8) is 0 Å². The lowest BCUT2D eigenvalue weighted by Crippen LogP contribution is -2.40. The largest absolute Gasteiger partial charge is 0.398 e. The van der Waals surface area contributed by atoms with Gasteiger partial charge in [-0.25, -0.2) is 13.1 Å². The average Bonchev–Trinajstić information content (AvgIpc) is 2.37. The number of benzene rings is 1. The quantitative estimate of drug-likeness (QED) is 0.618. The van der Waals surface area contributed by atoms with Crippen LogP contribution in [0.15, 0.2) is 23.1 Å². The van der Waals surface area contributed by atoms with Crippen LogP contribution in [0.1, 0.15) is 12.5 Å². The van der Waals surface area contributed by atoms with E-state index in [1.165, 1.54) is 19.2 Å². The van der Waals surface area contributed by atoms with Gasteiger partial charge in [0.15, 0.2) is 0 Å². The number of aliphatic hydroxyl groups excluding tert-OH is 1. The van der Waals surface area contributed by atoms with Gasteiger partial charge in [-0.15, -0.1) is 0 Å². The molecule has 19 heavy (non-hydrogen) atoms. The van der Waals surface area contributed by atoms with Crippen LogP contribution in [-0.2, 0) is 21.2 Å². The minimum Gasteiger partial charge on any atom is -0.398 e. The Bertz CT molecular complexity index is 516. The van der Waals surface area contributed by atoms with E-state index in [2.05, 4.69) is 4.72 Å². The first-order valence-corrected chi connectivity index (χ1v) is 7.43. The molecule has 0 aliphatic rings. The first-order valence-electron chi connectivity index (χ1n) is 5.95. The van der Waals surface area contributed by atoms with Crippen molar-refractivity contribution >= 4 is 15.7 Å². The van der Waals surface area contributed by atoms with Gasteiger partial charge >= 0.3 is 0 Å². The number of nitrogen functional groups attached to an aromatic ring is 1. The highest BCUT2D eigenvalue weighted by atomic mass is 32.2. The molecule has 1 unspecified atom stereocenters. The molecule has 7 heteroatoms. The highest BCUT2D eigenvalue weighted by Gasteiger charge is 2.20. The molecular formula is C12H20N2O4S. The number of rotatable bonds is 7. The fourth-order valence-corrected chi connectivity index (χ4v) is 2.92. The minimum atomic E-state index is -3.71. The van der Waals surface area contributed by atoms with Crippen LogP contribution in [0.25, 0.3) is 0 Å². The third-order valence-corrected chi connectivity index (χ3v) is 4.24. The van der Waals surface area contributed by atoms with E-state index in [-0.39, 0.29) is 18.1 Å². The molecule has 0 saturated heterocycles. The fourth-order valence-electron chi connectivity index (χ4n) is 1.67. The maximum atomic E-state index is 12.1. The number of sulfonamides is 1. The predicted octanol–water partition coefficient (Wildman–Crippen LogP) is 0.117. The topological polar surface area (TPSA) is 102 Å². The zero-order valence-electron chi connectivity index (χ0n) is 11.1. The molecule has 1 aromatic rings. The molecule has 0 saturated carbocycles. The smallest absolute Gasteiger partial charge is 0.241 e. The van der Waals surface area contributed by atoms with Crippen molar-refractivity contribution in [2.45, 2.75) is 24.3 Å². The number of anilines is 1. The van der Waals surface area contributed by atoms with E-state index in [0.717, 1.165) is 12.0 Å². The lowest BCUT2D eigenvalue weighted by Gasteiger charge is -2.16. The monoisotopic (exact) mass is 288 g/mol. The summed E-state index contributed by atoms with van der Waals surface area (Å²) in [7, 11) is -2.28. The van der Waals surface area contributed by atoms with Gasteiger partial charge in [-0.2, -0.15) is 0 Å². The van der Waals surface area contributed by atoms with Crippen LogP contribution in [0, 0.1) is 0 Å². The molecule has 4 N–H and O–H groups in total. The maximum absolute atomic E-state index is 12.1. The Hall–Kier alpha value is -1.15. The molecule has 1 rings (SSSR count). The first-order chi connectivity index (χ1) is 8.94. The van der Waals surface area contributed by atoms with Gasteiger partial charge in [0.25, 0.3) is 0 Å². The zero-order valence-corrected chi connectivity index (χ0v) is 11.9. The van der Waals surface area contributed by atoms with Crippen molar-refractivity contribution in [2.75, 3.05) is 26.1 Å². The van der Waals surface area contributed by atoms with Crippen molar-refractivity contribution in [1.29, 1.82) is 0 Å². The Morgan fingerprint density at radius 2 is 2.16 bits per heavy atom. The van der Waals surface area contributed by atoms with Crippen LogP contribution in [0.4, 0.5) is 5.69 Å². The number of hydrogen-bond donors (Lipinski definition) is 3. The van der Waals surface area contributed by atoms with Gasteiger partial charge in [0.1, 0.15) is 0 Å². The highest BCUT2D eigenvalue weighted by Crippen LogP contribution is 2.18. The molecule has 0 fully saturated rings. The second-order valence-corrected chi connectivity index (χ2v) is 5.88. The molecule has 108 valence electrons. The lowest BCUT2D eigenvalue weighted by molar-refractivity contribution is 0.139. The van der Waals surface area contributed by atoms with Crippen molar-refractivity contribution in [1.82, 2.24) is 4.72 Å². The number of aryl methyl sites for hydroxylation is 1. The number of ether oxygens (including phenoxy) is 1. The van der Waals surface area contributed by atoms with Crippen molar-refractivity contribution in [2.24, 2.45) is 0 Å². The maximum Gasteiger partial charge on any atom is 0.241 e. The van der Waals surface area contributed by atoms with Gasteiger partial charge < -0.3 is 15.6 Å². The van der Waals surface area contributed by atoms with Gasteiger partial charge in [-0.05, 0) is 24.1 Å². The summed E-state index contributed by atoms with van der Waals surface area (Å²) in [5.74, 6) is 0. The Morgan fingerprint density at radius 3 is 2.63 bits per heavy atom. The Kier molecular flexibility index (Phi) is 5.74. The molecule has 0 aromatic heterocycles. The molecule has 1 aromatic carbocycles. The SMILES string of the molecule is CCc1ccc(S(=O)(=O)NC(CO)COC)cc1N. The summed E-state index contributed by atoms with van der Waals surface area (Å²) in [5.41, 5.74) is 7.12. The van der Waals surface area contributed by atoms with Crippen molar-refractivity contribution < 1.29 is 18.3 Å². The van der Waals surface area contributed by atoms with Gasteiger partial charge in [0.2, 0.25) is 10.0 Å². The molecule has 0 aliphatic carbocycles. The molecule has 1 atom stereocenters. The average molecular weight is 288 g/mol. The van der Waals surface area contributed by atoms with E-state index < -0.39 is 16.1 Å². The van der Waals surface area contributed by atoms with Crippen LogP contribution in [0.2, 0.25) is 0 Å². The third kappa shape index (κ3) is 4.17. The van der Waals surface area contributed by atoms with E-state index in [1.54, 1.807) is 6.07 Å². The van der Waals surface area contributed by atoms with Crippen LogP contribution >= 0.6 is 0 Å². The Balaban J connectivity index is 2.96. The molecule has 6 nitrogen and oxygen atoms in total. The van der Waals surface area contributed by atoms with Gasteiger partial charge in [-0.1, -0.05) is 13.0 Å². The molecule has 0 spiro atoms. The van der Waals surface area contributed by atoms with E-state index in [4.69, 9.17) is 15.6 Å². The van der Waals surface area contributed by atoms with Gasteiger partial charge in [0, 0.05) is 12.8 Å². The minimum absolute atomic E-state index is 0.0803. The summed E-state index contributed by atoms with van der Waals surface area (Å²) < 4.78 is 31.4. The standard InChI is InChI=1S/C12H20N2O4S/c1-3-9-4-5-11(6-12(9)13)19(16,17)14-10(7-15)8-18-2/h4-6,10,14-15H,3,7-8,13H2,1-2H3. The number of nitrogens with one attached hydrogen (secondary N) is 1. The first kappa shape index (κ1) is 15.9. The Morgan fingerprint density at radius 1 is 1.47 bits per heavy atom. The second kappa shape index (κ2) is 6.85. The zero-order chi connectivity index (χ0) is 14.5. The Labute approximate surface area is 113 Å². The van der Waals surface area contributed by atoms with E-state index in [0.29, 0.717) is 5.69 Å². The van der Waals surface area contributed by atoms with E-state index in [1.807, 2.05) is 6.92 Å². The van der Waals surface area contributed by atoms with Crippen LogP contribution < -0.4 is 10.5 Å². The van der Waals surface area contributed by atoms with Crippen LogP contribution in [-0.4, -0.2) is 39.9 Å². The fraction of sp³-hybridized carbons (Fsp3) is 0.500. The second-order valence-electron chi connectivity index (χ2n) is 4.17. The molecule has 0 heterocycles. The summed E-state index contributed by atoms with van der Waals surface area (Å²) in [6.07, 6.45) is 0.739. The molecule has 0 aliphatic heterocycles. The van der Waals surface area contributed by atoms with E-state index >= 15 is 0 Å². The predicted molar refractivity (Wildman–Crippen MR) is 73.3 cm³/mol. The van der Waals surface area contributed by atoms with Crippen molar-refractivity contribution in [3.8, 4) is 0 Å². The number of hydrogen-bond acceptors (Lipinski definition) is 5. The lowest BCUT2D eigenvalue weighted by atomic mass is 10.1. The number of methoxy groups -OCH3 is 1. The van der Waals surface area contributed by atoms with Crippen LogP contribution in [0.3, 0.4) is 0 Å². The summed E-state index contributed by atoms with van der Waals surface area (Å²) >= 11 is 0. The van der Waals surface area contributed by atoms with Crippen LogP contribution in [0.5, 0.6) is 0 Å². The summed E-state index contributed by atoms with van der Waals surface area (Å²) in [5, 5.41) is 9.07. The van der Waals surface area contributed by atoms with E-state index in [9.17, 15) is 8.42 Å². The van der Waals surface area contributed by atoms with Gasteiger partial charge in [0.05, 0.1) is 24.2 Å². The summed E-state index contributed by atoms with van der Waals surface area (Å²) in [6.45, 7) is 1.70. The summed E-state index contributed by atoms with van der Waals surface area (Å²) in [6, 6.07) is 3.93. The molecular weight excluding hydrogens is 268 g/mol. The van der Waals surface area contributed by atoms with Crippen molar-refractivity contribution in [3.05, 3.63) is 23.8 Å². The third-order valence-electron chi connectivity index (χ3n) is 2.72. The summed E-state index contributed by atoms with van der Waals surface area (Å²) in [4.78, 5) is 0.0803. The highest BCUT2D eigenvalue weighted by molar-refractivity contribution is 7.89. The number of nitrogens with two attached hydrogens (primary N) is 1. The normalized spacial score (nSPS) is 13.4.